The molecule has 1 aliphatic heterocycles. The third-order valence-corrected chi connectivity index (χ3v) is 3.81. The van der Waals surface area contributed by atoms with Crippen LogP contribution in [0.15, 0.2) is 24.5 Å². The predicted octanol–water partition coefficient (Wildman–Crippen LogP) is 1.97. The van der Waals surface area contributed by atoms with E-state index in [4.69, 9.17) is 17.3 Å². The van der Waals surface area contributed by atoms with Crippen molar-refractivity contribution in [2.75, 3.05) is 11.4 Å². The third kappa shape index (κ3) is 2.31. The van der Waals surface area contributed by atoms with Crippen molar-refractivity contribution in [3.05, 3.63) is 40.9 Å². The molecule has 0 saturated heterocycles. The molecule has 1 aromatic heterocycles. The maximum Gasteiger partial charge on any atom is 0.152 e. The van der Waals surface area contributed by atoms with Gasteiger partial charge < -0.3 is 15.2 Å². The summed E-state index contributed by atoms with van der Waals surface area (Å²) in [6.07, 6.45) is 1.78. The molecule has 1 aromatic carbocycles. The Balaban J connectivity index is 1.86. The van der Waals surface area contributed by atoms with Crippen molar-refractivity contribution >= 4 is 17.3 Å². The molecule has 0 amide bonds. The second-order valence-corrected chi connectivity index (χ2v) is 5.26. The van der Waals surface area contributed by atoms with E-state index in [1.165, 1.54) is 0 Å². The molecule has 19 heavy (non-hydrogen) atoms. The van der Waals surface area contributed by atoms with Crippen LogP contribution in [0.5, 0.6) is 0 Å². The van der Waals surface area contributed by atoms with Crippen LogP contribution in [0.2, 0.25) is 5.02 Å². The van der Waals surface area contributed by atoms with E-state index >= 15 is 0 Å². The van der Waals surface area contributed by atoms with E-state index in [1.54, 1.807) is 6.33 Å². The standard InChI is InChI=1S/C13H16ClN5/c1-9(15)11-3-2-10(6-12(11)14)18-4-5-19-8-16-17-13(19)7-18/h2-3,6,8-9H,4-5,7,15H2,1H3. The van der Waals surface area contributed by atoms with Gasteiger partial charge in [-0.05, 0) is 24.6 Å². The Morgan fingerprint density at radius 1 is 1.37 bits per heavy atom. The predicted molar refractivity (Wildman–Crippen MR) is 75.1 cm³/mol. The highest BCUT2D eigenvalue weighted by molar-refractivity contribution is 6.31. The quantitative estimate of drug-likeness (QED) is 0.912. The lowest BCUT2D eigenvalue weighted by molar-refractivity contribution is 0.560. The lowest BCUT2D eigenvalue weighted by atomic mass is 10.1. The Hall–Kier alpha value is -1.59. The number of fused-ring (bicyclic) bond motifs is 1. The van der Waals surface area contributed by atoms with Gasteiger partial charge >= 0.3 is 0 Å². The Bertz CT molecular complexity index is 592. The van der Waals surface area contributed by atoms with Crippen LogP contribution in [0.25, 0.3) is 0 Å². The molecule has 1 aliphatic rings. The number of nitrogens with two attached hydrogens (primary N) is 1. The van der Waals surface area contributed by atoms with E-state index in [0.717, 1.165) is 41.7 Å². The Labute approximate surface area is 117 Å². The largest absolute Gasteiger partial charge is 0.362 e. The fraction of sp³-hybridized carbons (Fsp3) is 0.385. The zero-order chi connectivity index (χ0) is 13.4. The summed E-state index contributed by atoms with van der Waals surface area (Å²) in [6, 6.07) is 6.00. The van der Waals surface area contributed by atoms with E-state index in [9.17, 15) is 0 Å². The molecule has 0 radical (unpaired) electrons. The molecular weight excluding hydrogens is 262 g/mol. The van der Waals surface area contributed by atoms with E-state index in [1.807, 2.05) is 19.1 Å². The van der Waals surface area contributed by atoms with Crippen LogP contribution in [-0.4, -0.2) is 21.3 Å². The number of benzene rings is 1. The normalized spacial score (nSPS) is 16.3. The maximum absolute atomic E-state index is 6.28. The van der Waals surface area contributed by atoms with Gasteiger partial charge in [-0.25, -0.2) is 0 Å². The summed E-state index contributed by atoms with van der Waals surface area (Å²) in [5, 5.41) is 8.77. The molecule has 2 heterocycles. The molecule has 0 aliphatic carbocycles. The third-order valence-electron chi connectivity index (χ3n) is 3.48. The second-order valence-electron chi connectivity index (χ2n) is 4.86. The van der Waals surface area contributed by atoms with Crippen molar-refractivity contribution in [3.63, 3.8) is 0 Å². The van der Waals surface area contributed by atoms with Crippen LogP contribution in [0.1, 0.15) is 24.4 Å². The van der Waals surface area contributed by atoms with Crippen molar-refractivity contribution in [1.82, 2.24) is 14.8 Å². The van der Waals surface area contributed by atoms with Gasteiger partial charge in [0.15, 0.2) is 5.82 Å². The zero-order valence-electron chi connectivity index (χ0n) is 10.8. The van der Waals surface area contributed by atoms with Gasteiger partial charge in [0.25, 0.3) is 0 Å². The lowest BCUT2D eigenvalue weighted by Gasteiger charge is -2.29. The second kappa shape index (κ2) is 4.83. The Morgan fingerprint density at radius 2 is 2.21 bits per heavy atom. The zero-order valence-corrected chi connectivity index (χ0v) is 11.5. The highest BCUT2D eigenvalue weighted by atomic mass is 35.5. The average Bonchev–Trinajstić information content (AvgIpc) is 2.85. The summed E-state index contributed by atoms with van der Waals surface area (Å²) >= 11 is 6.28. The highest BCUT2D eigenvalue weighted by Gasteiger charge is 2.18. The molecule has 0 spiro atoms. The molecular formula is C13H16ClN5. The maximum atomic E-state index is 6.28. The minimum atomic E-state index is -0.0500. The summed E-state index contributed by atoms with van der Waals surface area (Å²) in [5.74, 6) is 0.985. The number of hydrogen-bond acceptors (Lipinski definition) is 4. The van der Waals surface area contributed by atoms with Crippen molar-refractivity contribution in [2.24, 2.45) is 5.73 Å². The molecule has 2 aromatic rings. The van der Waals surface area contributed by atoms with Gasteiger partial charge in [-0.1, -0.05) is 17.7 Å². The van der Waals surface area contributed by atoms with E-state index in [2.05, 4.69) is 25.7 Å². The number of rotatable bonds is 2. The fourth-order valence-corrected chi connectivity index (χ4v) is 2.72. The van der Waals surface area contributed by atoms with E-state index in [-0.39, 0.29) is 6.04 Å². The number of anilines is 1. The number of aromatic nitrogens is 3. The van der Waals surface area contributed by atoms with Crippen molar-refractivity contribution in [1.29, 1.82) is 0 Å². The van der Waals surface area contributed by atoms with E-state index < -0.39 is 0 Å². The van der Waals surface area contributed by atoms with E-state index in [0.29, 0.717) is 0 Å². The molecule has 100 valence electrons. The van der Waals surface area contributed by atoms with Gasteiger partial charge in [-0.15, -0.1) is 10.2 Å². The van der Waals surface area contributed by atoms with Gasteiger partial charge in [0.1, 0.15) is 6.33 Å². The van der Waals surface area contributed by atoms with Gasteiger partial charge in [-0.2, -0.15) is 0 Å². The molecule has 0 bridgehead atoms. The first-order chi connectivity index (χ1) is 9.15. The van der Waals surface area contributed by atoms with Crippen molar-refractivity contribution < 1.29 is 0 Å². The topological polar surface area (TPSA) is 60.0 Å². The Kier molecular flexibility index (Phi) is 3.16. The van der Waals surface area contributed by atoms with Crippen molar-refractivity contribution in [2.45, 2.75) is 26.1 Å². The van der Waals surface area contributed by atoms with Crippen LogP contribution in [0.3, 0.4) is 0 Å². The lowest BCUT2D eigenvalue weighted by Crippen LogP contribution is -2.33. The summed E-state index contributed by atoms with van der Waals surface area (Å²) < 4.78 is 2.08. The molecule has 0 fully saturated rings. The monoisotopic (exact) mass is 277 g/mol. The summed E-state index contributed by atoms with van der Waals surface area (Å²) in [5.41, 5.74) is 7.95. The fourth-order valence-electron chi connectivity index (χ4n) is 2.37. The number of hydrogen-bond donors (Lipinski definition) is 1. The van der Waals surface area contributed by atoms with Crippen LogP contribution < -0.4 is 10.6 Å². The number of halogens is 1. The van der Waals surface area contributed by atoms with Gasteiger partial charge in [0.2, 0.25) is 0 Å². The summed E-state index contributed by atoms with van der Waals surface area (Å²) in [4.78, 5) is 2.25. The summed E-state index contributed by atoms with van der Waals surface area (Å²) in [7, 11) is 0. The molecule has 3 rings (SSSR count). The minimum absolute atomic E-state index is 0.0500. The number of nitrogens with zero attached hydrogens (tertiary/aromatic N) is 4. The SMILES string of the molecule is CC(N)c1ccc(N2CCn3cnnc3C2)cc1Cl. The van der Waals surface area contributed by atoms with Crippen LogP contribution in [0, 0.1) is 0 Å². The van der Waals surface area contributed by atoms with Gasteiger partial charge in [0.05, 0.1) is 6.54 Å². The summed E-state index contributed by atoms with van der Waals surface area (Å²) in [6.45, 7) is 4.52. The highest BCUT2D eigenvalue weighted by Crippen LogP contribution is 2.28. The first-order valence-corrected chi connectivity index (χ1v) is 6.69. The molecule has 6 heteroatoms. The van der Waals surface area contributed by atoms with Crippen LogP contribution in [-0.2, 0) is 13.1 Å². The molecule has 0 saturated carbocycles. The average molecular weight is 278 g/mol. The van der Waals surface area contributed by atoms with Crippen molar-refractivity contribution in [3.8, 4) is 0 Å². The molecule has 5 nitrogen and oxygen atoms in total. The smallest absolute Gasteiger partial charge is 0.152 e. The minimum Gasteiger partial charge on any atom is -0.362 e. The first kappa shape index (κ1) is 12.4. The first-order valence-electron chi connectivity index (χ1n) is 6.32. The Morgan fingerprint density at radius 3 is 2.95 bits per heavy atom. The van der Waals surface area contributed by atoms with Gasteiger partial charge in [0, 0.05) is 29.8 Å². The van der Waals surface area contributed by atoms with Crippen LogP contribution in [0.4, 0.5) is 5.69 Å². The molecule has 2 N–H and O–H groups in total. The molecule has 1 unspecified atom stereocenters. The van der Waals surface area contributed by atoms with Crippen LogP contribution >= 0.6 is 11.6 Å². The molecule has 1 atom stereocenters. The van der Waals surface area contributed by atoms with Gasteiger partial charge in [-0.3, -0.25) is 0 Å².